The van der Waals surface area contributed by atoms with Crippen LogP contribution in [0.4, 0.5) is 0 Å². The Balaban J connectivity index is 1.47. The molecule has 3 aromatic carbocycles. The van der Waals surface area contributed by atoms with Crippen molar-refractivity contribution in [2.45, 2.75) is 26.7 Å². The third kappa shape index (κ3) is 4.78. The van der Waals surface area contributed by atoms with Crippen LogP contribution in [0.2, 0.25) is 0 Å². The number of nitrogens with zero attached hydrogens (tertiary/aromatic N) is 3. The Hall–Kier alpha value is -3.96. The summed E-state index contributed by atoms with van der Waals surface area (Å²) in [5.74, 6) is 1.61. The standard InChI is InChI=1S/C28H25N3O2/c1-21-27(28(30-33-21)24-15-9-4-10-16-24)25-18-31(17-22-11-5-2-6-12-22)26(29-25)20-32-19-23-13-7-3-8-14-23/h2-16,18H,17,19-20H2,1H3. The minimum Gasteiger partial charge on any atom is -0.369 e. The van der Waals surface area contributed by atoms with Crippen molar-refractivity contribution in [1.29, 1.82) is 0 Å². The van der Waals surface area contributed by atoms with E-state index in [1.807, 2.05) is 61.5 Å². The highest BCUT2D eigenvalue weighted by molar-refractivity contribution is 5.79. The van der Waals surface area contributed by atoms with E-state index in [-0.39, 0.29) is 0 Å². The monoisotopic (exact) mass is 435 g/mol. The van der Waals surface area contributed by atoms with Gasteiger partial charge in [0.1, 0.15) is 23.9 Å². The van der Waals surface area contributed by atoms with Gasteiger partial charge in [-0.05, 0) is 18.1 Å². The van der Waals surface area contributed by atoms with Gasteiger partial charge in [0.05, 0.1) is 17.9 Å². The highest BCUT2D eigenvalue weighted by Gasteiger charge is 2.21. The number of imidazole rings is 1. The number of aryl methyl sites for hydroxylation is 1. The van der Waals surface area contributed by atoms with Gasteiger partial charge in [0.15, 0.2) is 0 Å². The van der Waals surface area contributed by atoms with Crippen LogP contribution in [-0.2, 0) is 24.5 Å². The molecule has 0 aliphatic rings. The SMILES string of the molecule is Cc1onc(-c2ccccc2)c1-c1cn(Cc2ccccc2)c(COCc2ccccc2)n1. The minimum absolute atomic E-state index is 0.409. The zero-order chi connectivity index (χ0) is 22.5. The van der Waals surface area contributed by atoms with Crippen molar-refractivity contribution in [3.05, 3.63) is 120 Å². The topological polar surface area (TPSA) is 53.1 Å². The summed E-state index contributed by atoms with van der Waals surface area (Å²) < 4.78 is 13.8. The first kappa shape index (κ1) is 20.9. The lowest BCUT2D eigenvalue weighted by Crippen LogP contribution is -2.06. The fraction of sp³-hybridized carbons (Fsp3) is 0.143. The van der Waals surface area contributed by atoms with E-state index in [0.29, 0.717) is 19.8 Å². The molecule has 0 atom stereocenters. The molecule has 2 heterocycles. The predicted octanol–water partition coefficient (Wildman–Crippen LogP) is 6.28. The van der Waals surface area contributed by atoms with Crippen LogP contribution in [0.1, 0.15) is 22.7 Å². The molecule has 0 aliphatic carbocycles. The van der Waals surface area contributed by atoms with E-state index in [9.17, 15) is 0 Å². The quantitative estimate of drug-likeness (QED) is 0.288. The zero-order valence-electron chi connectivity index (χ0n) is 18.5. The third-order valence-electron chi connectivity index (χ3n) is 5.56. The molecule has 164 valence electrons. The van der Waals surface area contributed by atoms with Gasteiger partial charge < -0.3 is 13.8 Å². The summed E-state index contributed by atoms with van der Waals surface area (Å²) >= 11 is 0. The second-order valence-electron chi connectivity index (χ2n) is 7.96. The van der Waals surface area contributed by atoms with Gasteiger partial charge in [-0.2, -0.15) is 0 Å². The number of hydrogen-bond acceptors (Lipinski definition) is 4. The Morgan fingerprint density at radius 3 is 2.12 bits per heavy atom. The lowest BCUT2D eigenvalue weighted by atomic mass is 10.0. The van der Waals surface area contributed by atoms with Gasteiger partial charge in [-0.25, -0.2) is 4.98 Å². The average molecular weight is 436 g/mol. The normalized spacial score (nSPS) is 11.1. The van der Waals surface area contributed by atoms with E-state index in [0.717, 1.165) is 39.7 Å². The number of benzene rings is 3. The molecule has 5 aromatic rings. The second kappa shape index (κ2) is 9.67. The largest absolute Gasteiger partial charge is 0.369 e. The summed E-state index contributed by atoms with van der Waals surface area (Å²) in [4.78, 5) is 4.96. The van der Waals surface area contributed by atoms with Crippen molar-refractivity contribution in [3.63, 3.8) is 0 Å². The molecular weight excluding hydrogens is 410 g/mol. The van der Waals surface area contributed by atoms with Crippen LogP contribution < -0.4 is 0 Å². The van der Waals surface area contributed by atoms with Crippen molar-refractivity contribution < 1.29 is 9.26 Å². The van der Waals surface area contributed by atoms with Crippen molar-refractivity contribution in [1.82, 2.24) is 14.7 Å². The molecule has 0 unspecified atom stereocenters. The van der Waals surface area contributed by atoms with Gasteiger partial charge in [0, 0.05) is 18.3 Å². The molecule has 0 saturated heterocycles. The summed E-state index contributed by atoms with van der Waals surface area (Å²) in [5, 5.41) is 4.33. The van der Waals surface area contributed by atoms with Gasteiger partial charge >= 0.3 is 0 Å². The number of ether oxygens (including phenoxy) is 1. The Labute approximate surface area is 193 Å². The molecule has 0 N–H and O–H groups in total. The highest BCUT2D eigenvalue weighted by atomic mass is 16.5. The van der Waals surface area contributed by atoms with Gasteiger partial charge in [-0.1, -0.05) is 96.2 Å². The lowest BCUT2D eigenvalue weighted by molar-refractivity contribution is 0.0996. The molecule has 0 fully saturated rings. The first-order chi connectivity index (χ1) is 16.3. The first-order valence-electron chi connectivity index (χ1n) is 11.0. The van der Waals surface area contributed by atoms with Crippen molar-refractivity contribution in [2.75, 3.05) is 0 Å². The maximum absolute atomic E-state index is 6.04. The molecule has 5 nitrogen and oxygen atoms in total. The molecule has 0 bridgehead atoms. The Kier molecular flexibility index (Phi) is 6.13. The van der Waals surface area contributed by atoms with E-state index in [2.05, 4.69) is 52.3 Å². The smallest absolute Gasteiger partial charge is 0.143 e. The summed E-state index contributed by atoms with van der Waals surface area (Å²) in [7, 11) is 0. The molecule has 0 amide bonds. The minimum atomic E-state index is 0.409. The van der Waals surface area contributed by atoms with Gasteiger partial charge in [0.2, 0.25) is 0 Å². The summed E-state index contributed by atoms with van der Waals surface area (Å²) in [6, 6.07) is 30.6. The Morgan fingerprint density at radius 1 is 0.788 bits per heavy atom. The predicted molar refractivity (Wildman–Crippen MR) is 128 cm³/mol. The molecule has 5 heteroatoms. The van der Waals surface area contributed by atoms with E-state index >= 15 is 0 Å². The van der Waals surface area contributed by atoms with E-state index in [1.165, 1.54) is 5.56 Å². The van der Waals surface area contributed by atoms with Gasteiger partial charge in [-0.15, -0.1) is 0 Å². The molecule has 0 radical (unpaired) electrons. The van der Waals surface area contributed by atoms with Crippen molar-refractivity contribution in [2.24, 2.45) is 0 Å². The number of hydrogen-bond donors (Lipinski definition) is 0. The van der Waals surface area contributed by atoms with Crippen LogP contribution in [0.3, 0.4) is 0 Å². The van der Waals surface area contributed by atoms with Crippen molar-refractivity contribution >= 4 is 0 Å². The van der Waals surface area contributed by atoms with E-state index < -0.39 is 0 Å². The maximum Gasteiger partial charge on any atom is 0.143 e. The summed E-state index contributed by atoms with van der Waals surface area (Å²) in [6.07, 6.45) is 2.07. The molecule has 0 aliphatic heterocycles. The van der Waals surface area contributed by atoms with Crippen LogP contribution in [0.5, 0.6) is 0 Å². The van der Waals surface area contributed by atoms with Crippen LogP contribution in [-0.4, -0.2) is 14.7 Å². The number of rotatable bonds is 8. The molecule has 2 aromatic heterocycles. The third-order valence-corrected chi connectivity index (χ3v) is 5.56. The van der Waals surface area contributed by atoms with Crippen LogP contribution in [0.15, 0.2) is 102 Å². The fourth-order valence-electron chi connectivity index (χ4n) is 3.91. The van der Waals surface area contributed by atoms with Crippen molar-refractivity contribution in [3.8, 4) is 22.5 Å². The molecule has 0 spiro atoms. The van der Waals surface area contributed by atoms with Crippen LogP contribution in [0.25, 0.3) is 22.5 Å². The fourth-order valence-corrected chi connectivity index (χ4v) is 3.91. The molecular formula is C28H25N3O2. The van der Waals surface area contributed by atoms with Gasteiger partial charge in [0.25, 0.3) is 0 Å². The highest BCUT2D eigenvalue weighted by Crippen LogP contribution is 2.34. The first-order valence-corrected chi connectivity index (χ1v) is 11.0. The average Bonchev–Trinajstić information content (AvgIpc) is 3.44. The molecule has 0 saturated carbocycles. The molecule has 5 rings (SSSR count). The van der Waals surface area contributed by atoms with Crippen LogP contribution >= 0.6 is 0 Å². The van der Waals surface area contributed by atoms with E-state index in [4.69, 9.17) is 14.2 Å². The lowest BCUT2D eigenvalue weighted by Gasteiger charge is -2.08. The summed E-state index contributed by atoms with van der Waals surface area (Å²) in [6.45, 7) is 3.59. The van der Waals surface area contributed by atoms with Crippen LogP contribution in [0, 0.1) is 6.92 Å². The number of aromatic nitrogens is 3. The van der Waals surface area contributed by atoms with Gasteiger partial charge in [-0.3, -0.25) is 0 Å². The zero-order valence-corrected chi connectivity index (χ0v) is 18.5. The maximum atomic E-state index is 6.04. The molecule has 33 heavy (non-hydrogen) atoms. The second-order valence-corrected chi connectivity index (χ2v) is 7.96. The summed E-state index contributed by atoms with van der Waals surface area (Å²) in [5.41, 5.74) is 5.90. The Morgan fingerprint density at radius 2 is 1.42 bits per heavy atom. The Bertz CT molecular complexity index is 1310. The van der Waals surface area contributed by atoms with E-state index in [1.54, 1.807) is 0 Å².